The number of carboxylic acid groups (broad SMARTS) is 1. The van der Waals surface area contributed by atoms with Crippen LogP contribution in [-0.4, -0.2) is 64.2 Å². The van der Waals surface area contributed by atoms with Gasteiger partial charge in [-0.25, -0.2) is 26.1 Å². The van der Waals surface area contributed by atoms with Gasteiger partial charge in [-0.3, -0.25) is 4.79 Å². The molecule has 1 aliphatic heterocycles. The summed E-state index contributed by atoms with van der Waals surface area (Å²) >= 11 is 0. The van der Waals surface area contributed by atoms with Crippen LogP contribution in [0.4, 0.5) is 36.4 Å². The van der Waals surface area contributed by atoms with Crippen molar-refractivity contribution in [3.8, 4) is 5.75 Å². The number of anilines is 1. The molecule has 1 heterocycles. The van der Waals surface area contributed by atoms with Gasteiger partial charge in [-0.1, -0.05) is 6.92 Å². The van der Waals surface area contributed by atoms with Crippen molar-refractivity contribution in [3.63, 3.8) is 0 Å². The lowest BCUT2D eigenvalue weighted by atomic mass is 9.86. The zero-order chi connectivity index (χ0) is 28.6. The third-order valence-corrected chi connectivity index (χ3v) is 7.55. The van der Waals surface area contributed by atoms with Crippen molar-refractivity contribution in [2.24, 2.45) is 5.41 Å². The van der Waals surface area contributed by atoms with Crippen molar-refractivity contribution in [3.05, 3.63) is 17.7 Å². The average Bonchev–Trinajstić information content (AvgIpc) is 2.86. The second-order valence-electron chi connectivity index (χ2n) is 9.93. The van der Waals surface area contributed by atoms with Crippen LogP contribution in [0.1, 0.15) is 52.5 Å². The monoisotopic (exact) mass is 564 g/mol. The summed E-state index contributed by atoms with van der Waals surface area (Å²) in [6, 6.07) is 1.08. The van der Waals surface area contributed by atoms with Crippen molar-refractivity contribution < 1.29 is 49.6 Å². The molecule has 1 unspecified atom stereocenters. The molecule has 0 bridgehead atoms. The lowest BCUT2D eigenvalue weighted by Crippen LogP contribution is -2.52. The highest BCUT2D eigenvalue weighted by Crippen LogP contribution is 2.47. The van der Waals surface area contributed by atoms with E-state index in [2.05, 4.69) is 0 Å². The maximum atomic E-state index is 13.8. The Hall–Kier alpha value is -2.09. The number of rotatable bonds is 6. The molecule has 0 saturated heterocycles. The van der Waals surface area contributed by atoms with Crippen molar-refractivity contribution >= 4 is 22.6 Å². The number of likely N-dealkylation sites (N-methyl/N-ethyl adjacent to an activating group) is 1. The molecule has 1 aromatic rings. The molecule has 0 radical (unpaired) electrons. The predicted molar refractivity (Wildman–Crippen MR) is 124 cm³/mol. The van der Waals surface area contributed by atoms with E-state index in [1.165, 1.54) is 37.0 Å². The summed E-state index contributed by atoms with van der Waals surface area (Å²) < 4.78 is 111. The van der Waals surface area contributed by atoms with Crippen LogP contribution in [0.25, 0.3) is 0 Å². The van der Waals surface area contributed by atoms with Crippen LogP contribution in [0.2, 0.25) is 0 Å². The third kappa shape index (κ3) is 7.95. The molecule has 3 rings (SSSR count). The minimum absolute atomic E-state index is 0.00588. The number of fused-ring (bicyclic) bond motifs is 1. The minimum atomic E-state index is -4.85. The summed E-state index contributed by atoms with van der Waals surface area (Å²) in [7, 11) is -0.332. The molecule has 0 spiro atoms. The van der Waals surface area contributed by atoms with Crippen molar-refractivity contribution in [1.82, 2.24) is 4.31 Å². The van der Waals surface area contributed by atoms with Gasteiger partial charge < -0.3 is 14.7 Å². The first kappa shape index (κ1) is 31.1. The van der Waals surface area contributed by atoms with Gasteiger partial charge >= 0.3 is 12.1 Å². The Kier molecular flexibility index (Phi) is 9.21. The van der Waals surface area contributed by atoms with Gasteiger partial charge in [0.2, 0.25) is 5.92 Å². The Morgan fingerprint density at radius 1 is 1.14 bits per heavy atom. The third-order valence-electron chi connectivity index (χ3n) is 6.10. The number of ether oxygens (including phenoxy) is 1. The lowest BCUT2D eigenvalue weighted by Gasteiger charge is -2.43. The summed E-state index contributed by atoms with van der Waals surface area (Å²) in [4.78, 5) is 12.7. The number of alkyl halides is 7. The topological polar surface area (TPSA) is 70.1 Å². The highest BCUT2D eigenvalue weighted by molar-refractivity contribution is 7.82. The second-order valence-corrected chi connectivity index (χ2v) is 11.5. The Labute approximate surface area is 213 Å². The van der Waals surface area contributed by atoms with Gasteiger partial charge in [-0.2, -0.15) is 13.2 Å². The van der Waals surface area contributed by atoms with Crippen LogP contribution in [-0.2, 0) is 22.0 Å². The Morgan fingerprint density at radius 2 is 1.68 bits per heavy atom. The smallest absolute Gasteiger partial charge is 0.420 e. The van der Waals surface area contributed by atoms with Crippen LogP contribution in [0.15, 0.2) is 17.0 Å². The molecule has 6 nitrogen and oxygen atoms in total. The maximum Gasteiger partial charge on any atom is 0.420 e. The second kappa shape index (κ2) is 11.0. The highest BCUT2D eigenvalue weighted by atomic mass is 32.2. The first-order chi connectivity index (χ1) is 16.7. The summed E-state index contributed by atoms with van der Waals surface area (Å²) in [5, 5.41) is 9.20. The molecule has 1 aromatic carbocycles. The van der Waals surface area contributed by atoms with Crippen LogP contribution < -0.4 is 9.64 Å². The first-order valence-electron chi connectivity index (χ1n) is 11.5. The molecule has 0 amide bonds. The Bertz CT molecular complexity index is 1000. The number of aliphatic carboxylic acids is 1. The SMILES string of the molecule is CCC(C)(F)F.CN1CCN(C2CC(F)(F)C2)c2cc(C(F)(F)F)c(OCC(C)(C)C(=O)O)cc2S1=O. The standard InChI is InChI=1S/C19H23F5N2O4S.C4H8F2/c1-17(2,16(27)28)10-30-14-7-15-13(6-12(14)19(22,23)24)26(5-4-25(3)31(15)29)11-8-18(20,21)9-11;1-3-4(2,5)6/h6-7,11H,4-5,8-10H2,1-3H3,(H,27,28);3H2,1-2H3. The fourth-order valence-corrected chi connectivity index (χ4v) is 4.57. The van der Waals surface area contributed by atoms with E-state index in [4.69, 9.17) is 4.74 Å². The van der Waals surface area contributed by atoms with Gasteiger partial charge in [-0.05, 0) is 26.8 Å². The van der Waals surface area contributed by atoms with Crippen LogP contribution in [0, 0.1) is 5.41 Å². The van der Waals surface area contributed by atoms with Crippen LogP contribution in [0.5, 0.6) is 5.75 Å². The minimum Gasteiger partial charge on any atom is -0.492 e. The first-order valence-corrected chi connectivity index (χ1v) is 12.6. The van der Waals surface area contributed by atoms with E-state index in [1.807, 2.05) is 0 Å². The van der Waals surface area contributed by atoms with E-state index in [0.29, 0.717) is 0 Å². The van der Waals surface area contributed by atoms with Crippen molar-refractivity contribution in [1.29, 1.82) is 0 Å². The summed E-state index contributed by atoms with van der Waals surface area (Å²) in [5.74, 6) is -7.24. The molecule has 1 atom stereocenters. The Morgan fingerprint density at radius 3 is 2.11 bits per heavy atom. The molecular formula is C23H31F7N2O4S. The fourth-order valence-electron chi connectivity index (χ4n) is 3.42. The van der Waals surface area contributed by atoms with E-state index in [9.17, 15) is 44.8 Å². The largest absolute Gasteiger partial charge is 0.492 e. The van der Waals surface area contributed by atoms with Gasteiger partial charge in [0, 0.05) is 51.5 Å². The van der Waals surface area contributed by atoms with Gasteiger partial charge in [0.05, 0.1) is 21.6 Å². The van der Waals surface area contributed by atoms with E-state index >= 15 is 0 Å². The zero-order valence-electron chi connectivity index (χ0n) is 21.1. The number of nitrogens with zero attached hydrogens (tertiary/aromatic N) is 2. The number of benzene rings is 1. The number of halogens is 7. The van der Waals surface area contributed by atoms with Crippen LogP contribution in [0.3, 0.4) is 0 Å². The Balaban J connectivity index is 0.000000717. The quantitative estimate of drug-likeness (QED) is 0.441. The molecule has 0 aromatic heterocycles. The molecular weight excluding hydrogens is 533 g/mol. The summed E-state index contributed by atoms with van der Waals surface area (Å²) in [6.45, 7) is 4.76. The number of carbonyl (C=O) groups is 1. The number of carboxylic acids is 1. The zero-order valence-corrected chi connectivity index (χ0v) is 21.9. The molecule has 37 heavy (non-hydrogen) atoms. The molecule has 1 N–H and O–H groups in total. The fraction of sp³-hybridized carbons (Fsp3) is 0.696. The molecule has 1 saturated carbocycles. The van der Waals surface area contributed by atoms with Gasteiger partial charge in [0.1, 0.15) is 23.3 Å². The normalized spacial score (nSPS) is 20.8. The molecule has 212 valence electrons. The van der Waals surface area contributed by atoms with E-state index in [-0.39, 0.29) is 30.1 Å². The van der Waals surface area contributed by atoms with E-state index < -0.39 is 77.2 Å². The lowest BCUT2D eigenvalue weighted by molar-refractivity contribution is -0.148. The number of hydrogen-bond acceptors (Lipinski definition) is 4. The van der Waals surface area contributed by atoms with E-state index in [0.717, 1.165) is 19.1 Å². The van der Waals surface area contributed by atoms with Gasteiger partial charge in [0.15, 0.2) is 0 Å². The van der Waals surface area contributed by atoms with Gasteiger partial charge in [-0.15, -0.1) is 0 Å². The molecule has 2 aliphatic rings. The molecule has 1 aliphatic carbocycles. The average molecular weight is 565 g/mol. The van der Waals surface area contributed by atoms with E-state index in [1.54, 1.807) is 0 Å². The summed E-state index contributed by atoms with van der Waals surface area (Å²) in [5.41, 5.74) is -2.67. The summed E-state index contributed by atoms with van der Waals surface area (Å²) in [6.07, 6.45) is -5.90. The highest BCUT2D eigenvalue weighted by Gasteiger charge is 2.49. The molecule has 1 fully saturated rings. The van der Waals surface area contributed by atoms with Crippen molar-refractivity contribution in [2.45, 2.75) is 75.9 Å². The number of hydrogen-bond donors (Lipinski definition) is 1. The van der Waals surface area contributed by atoms with Crippen molar-refractivity contribution in [2.75, 3.05) is 31.6 Å². The maximum absolute atomic E-state index is 13.8. The molecule has 14 heteroatoms. The van der Waals surface area contributed by atoms with Gasteiger partial charge in [0.25, 0.3) is 5.92 Å². The predicted octanol–water partition coefficient (Wildman–Crippen LogP) is 5.82. The van der Waals surface area contributed by atoms with Crippen LogP contribution >= 0.6 is 0 Å².